The molecule has 5 heteroatoms. The number of amides is 2. The summed E-state index contributed by atoms with van der Waals surface area (Å²) in [5, 5.41) is 2.90. The van der Waals surface area contributed by atoms with Gasteiger partial charge < -0.3 is 15.0 Å². The smallest absolute Gasteiger partial charge is 0.410 e. The number of fused-ring (bicyclic) bond motifs is 1. The molecule has 1 unspecified atom stereocenters. The molecule has 0 aliphatic carbocycles. The Labute approximate surface area is 144 Å². The zero-order valence-corrected chi connectivity index (χ0v) is 15.3. The molecule has 0 fully saturated rings. The van der Waals surface area contributed by atoms with Crippen molar-refractivity contribution in [2.24, 2.45) is 0 Å². The van der Waals surface area contributed by atoms with Crippen molar-refractivity contribution >= 4 is 17.7 Å². The minimum absolute atomic E-state index is 0.0554. The molecule has 1 heterocycles. The van der Waals surface area contributed by atoms with Crippen LogP contribution in [0.3, 0.4) is 0 Å². The highest BCUT2D eigenvalue weighted by Gasteiger charge is 2.22. The average Bonchev–Trinajstić information content (AvgIpc) is 2.85. The highest BCUT2D eigenvalue weighted by atomic mass is 16.6. The van der Waals surface area contributed by atoms with Crippen molar-refractivity contribution in [1.82, 2.24) is 4.90 Å². The van der Waals surface area contributed by atoms with Gasteiger partial charge in [-0.25, -0.2) is 4.79 Å². The first-order valence-corrected chi connectivity index (χ1v) is 8.56. The Morgan fingerprint density at radius 2 is 2.08 bits per heavy atom. The molecule has 1 aromatic rings. The van der Waals surface area contributed by atoms with E-state index in [1.54, 1.807) is 11.9 Å². The molecule has 24 heavy (non-hydrogen) atoms. The summed E-state index contributed by atoms with van der Waals surface area (Å²) in [6, 6.07) is 6.20. The van der Waals surface area contributed by atoms with E-state index in [0.29, 0.717) is 18.9 Å². The van der Waals surface area contributed by atoms with Crippen molar-refractivity contribution in [1.29, 1.82) is 0 Å². The number of hydrogen-bond acceptors (Lipinski definition) is 3. The molecule has 1 aliphatic rings. The molecule has 0 saturated heterocycles. The lowest BCUT2D eigenvalue weighted by Crippen LogP contribution is -2.35. The highest BCUT2D eigenvalue weighted by Crippen LogP contribution is 2.30. The number of ether oxygens (including phenoxy) is 1. The summed E-state index contributed by atoms with van der Waals surface area (Å²) in [6.45, 7) is 8.38. The van der Waals surface area contributed by atoms with E-state index in [4.69, 9.17) is 4.74 Å². The van der Waals surface area contributed by atoms with Gasteiger partial charge in [0.2, 0.25) is 5.91 Å². The van der Waals surface area contributed by atoms with Crippen LogP contribution in [0.4, 0.5) is 10.5 Å². The van der Waals surface area contributed by atoms with Crippen LogP contribution in [-0.4, -0.2) is 36.1 Å². The Balaban J connectivity index is 1.96. The monoisotopic (exact) mass is 332 g/mol. The maximum atomic E-state index is 12.0. The summed E-state index contributed by atoms with van der Waals surface area (Å²) in [6.07, 6.45) is 2.01. The van der Waals surface area contributed by atoms with Crippen molar-refractivity contribution in [2.75, 3.05) is 18.9 Å². The van der Waals surface area contributed by atoms with Crippen LogP contribution >= 0.6 is 0 Å². The number of rotatable bonds is 5. The molecule has 1 aliphatic heterocycles. The second kappa shape index (κ2) is 7.24. The minimum atomic E-state index is -0.478. The molecule has 1 aromatic carbocycles. The van der Waals surface area contributed by atoms with Gasteiger partial charge in [-0.1, -0.05) is 19.1 Å². The summed E-state index contributed by atoms with van der Waals surface area (Å²) >= 11 is 0. The van der Waals surface area contributed by atoms with Crippen molar-refractivity contribution in [2.45, 2.75) is 58.5 Å². The van der Waals surface area contributed by atoms with Gasteiger partial charge in [-0.05, 0) is 56.7 Å². The molecule has 2 rings (SSSR count). The molecule has 0 radical (unpaired) electrons. The Morgan fingerprint density at radius 3 is 2.71 bits per heavy atom. The standard InChI is InChI=1S/C19H28N2O3/c1-6-13(9-10-21(5)18(23)24-19(2,3)4)14-7-8-15-12-17(22)20-16(15)11-14/h7-8,11,13H,6,9-10,12H2,1-5H3,(H,20,22). The number of anilines is 1. The molecular formula is C19H28N2O3. The summed E-state index contributed by atoms with van der Waals surface area (Å²) < 4.78 is 5.38. The van der Waals surface area contributed by atoms with E-state index in [0.717, 1.165) is 24.1 Å². The van der Waals surface area contributed by atoms with E-state index in [-0.39, 0.29) is 12.0 Å². The predicted octanol–water partition coefficient (Wildman–Crippen LogP) is 3.93. The van der Waals surface area contributed by atoms with E-state index in [1.807, 2.05) is 26.8 Å². The van der Waals surface area contributed by atoms with Gasteiger partial charge in [0.05, 0.1) is 6.42 Å². The number of hydrogen-bond donors (Lipinski definition) is 1. The maximum Gasteiger partial charge on any atom is 0.410 e. The topological polar surface area (TPSA) is 58.6 Å². The molecule has 132 valence electrons. The molecule has 0 saturated carbocycles. The van der Waals surface area contributed by atoms with Crippen molar-refractivity contribution in [3.63, 3.8) is 0 Å². The normalized spacial score (nSPS) is 14.8. The zero-order valence-electron chi connectivity index (χ0n) is 15.3. The third-order valence-electron chi connectivity index (χ3n) is 4.24. The van der Waals surface area contributed by atoms with Gasteiger partial charge in [0, 0.05) is 19.3 Å². The van der Waals surface area contributed by atoms with Gasteiger partial charge in [-0.3, -0.25) is 4.79 Å². The fourth-order valence-corrected chi connectivity index (χ4v) is 2.87. The minimum Gasteiger partial charge on any atom is -0.444 e. The molecule has 1 N–H and O–H groups in total. The third-order valence-corrected chi connectivity index (χ3v) is 4.24. The lowest BCUT2D eigenvalue weighted by molar-refractivity contribution is -0.115. The Morgan fingerprint density at radius 1 is 1.38 bits per heavy atom. The van der Waals surface area contributed by atoms with Gasteiger partial charge in [0.1, 0.15) is 5.60 Å². The summed E-state index contributed by atoms with van der Waals surface area (Å²) in [5.74, 6) is 0.401. The molecule has 5 nitrogen and oxygen atoms in total. The van der Waals surface area contributed by atoms with Crippen LogP contribution in [0.25, 0.3) is 0 Å². The Hall–Kier alpha value is -2.04. The zero-order chi connectivity index (χ0) is 17.9. The summed E-state index contributed by atoms with van der Waals surface area (Å²) in [4.78, 5) is 25.2. The molecule has 0 aromatic heterocycles. The van der Waals surface area contributed by atoms with Gasteiger partial charge in [0.15, 0.2) is 0 Å². The van der Waals surface area contributed by atoms with Crippen molar-refractivity contribution in [3.8, 4) is 0 Å². The van der Waals surface area contributed by atoms with E-state index < -0.39 is 5.60 Å². The first-order chi connectivity index (χ1) is 11.2. The van der Waals surface area contributed by atoms with Crippen LogP contribution in [0, 0.1) is 0 Å². The van der Waals surface area contributed by atoms with Crippen LogP contribution in [-0.2, 0) is 16.0 Å². The highest BCUT2D eigenvalue weighted by molar-refractivity contribution is 5.99. The van der Waals surface area contributed by atoms with Crippen molar-refractivity contribution in [3.05, 3.63) is 29.3 Å². The lowest BCUT2D eigenvalue weighted by atomic mass is 9.92. The van der Waals surface area contributed by atoms with Crippen LogP contribution in [0.5, 0.6) is 0 Å². The Kier molecular flexibility index (Phi) is 5.52. The molecule has 0 bridgehead atoms. The molecule has 2 amide bonds. The van der Waals surface area contributed by atoms with Gasteiger partial charge in [-0.2, -0.15) is 0 Å². The first-order valence-electron chi connectivity index (χ1n) is 8.56. The number of carbonyl (C=O) groups excluding carboxylic acids is 2. The second-order valence-corrected chi connectivity index (χ2v) is 7.44. The van der Waals surface area contributed by atoms with Crippen LogP contribution in [0.2, 0.25) is 0 Å². The van der Waals surface area contributed by atoms with Crippen LogP contribution in [0.15, 0.2) is 18.2 Å². The number of carbonyl (C=O) groups is 2. The third kappa shape index (κ3) is 4.73. The van der Waals surface area contributed by atoms with Crippen LogP contribution in [0.1, 0.15) is 57.6 Å². The van der Waals surface area contributed by atoms with Crippen molar-refractivity contribution < 1.29 is 14.3 Å². The van der Waals surface area contributed by atoms with Gasteiger partial charge in [-0.15, -0.1) is 0 Å². The Bertz CT molecular complexity index is 620. The van der Waals surface area contributed by atoms with Crippen LogP contribution < -0.4 is 5.32 Å². The molecule has 0 spiro atoms. The fraction of sp³-hybridized carbons (Fsp3) is 0.579. The van der Waals surface area contributed by atoms with E-state index in [9.17, 15) is 9.59 Å². The SMILES string of the molecule is CCC(CCN(C)C(=O)OC(C)(C)C)c1ccc2c(c1)NC(=O)C2. The van der Waals surface area contributed by atoms with E-state index in [1.165, 1.54) is 5.56 Å². The second-order valence-electron chi connectivity index (χ2n) is 7.44. The first kappa shape index (κ1) is 18.3. The molecule has 1 atom stereocenters. The lowest BCUT2D eigenvalue weighted by Gasteiger charge is -2.26. The van der Waals surface area contributed by atoms with Gasteiger partial charge in [0.25, 0.3) is 0 Å². The summed E-state index contributed by atoms with van der Waals surface area (Å²) in [7, 11) is 1.77. The van der Waals surface area contributed by atoms with E-state index in [2.05, 4.69) is 24.4 Å². The summed E-state index contributed by atoms with van der Waals surface area (Å²) in [5.41, 5.74) is 2.71. The predicted molar refractivity (Wildman–Crippen MR) is 95.3 cm³/mol. The van der Waals surface area contributed by atoms with Gasteiger partial charge >= 0.3 is 6.09 Å². The number of nitrogens with zero attached hydrogens (tertiary/aromatic N) is 1. The quantitative estimate of drug-likeness (QED) is 0.889. The average molecular weight is 332 g/mol. The fourth-order valence-electron chi connectivity index (χ4n) is 2.87. The largest absolute Gasteiger partial charge is 0.444 e. The number of nitrogens with one attached hydrogen (secondary N) is 1. The van der Waals surface area contributed by atoms with E-state index >= 15 is 0 Å². The number of benzene rings is 1. The molecular weight excluding hydrogens is 304 g/mol. The maximum absolute atomic E-state index is 12.0.